The van der Waals surface area contributed by atoms with Crippen molar-refractivity contribution in [3.63, 3.8) is 0 Å². The third-order valence-electron chi connectivity index (χ3n) is 5.21. The highest BCUT2D eigenvalue weighted by atomic mass is 16.6. The van der Waals surface area contributed by atoms with Gasteiger partial charge in [0.2, 0.25) is 0 Å². The van der Waals surface area contributed by atoms with Gasteiger partial charge in [-0.25, -0.2) is 9.59 Å². The molecule has 0 aromatic carbocycles. The first-order valence-electron chi connectivity index (χ1n) is 9.34. The number of carbonyl (C=O) groups is 2. The summed E-state index contributed by atoms with van der Waals surface area (Å²) in [5.74, 6) is -0.375. The Hall–Kier alpha value is -1.30. The SMILES string of the molecule is COC(=O)[C@H]1C[C@H](NC2CCC(C)(C)CC2)CN1C(=O)OC(C)(C)C. The predicted molar refractivity (Wildman–Crippen MR) is 96.3 cm³/mol. The molecule has 2 rings (SSSR count). The Balaban J connectivity index is 1.98. The molecule has 144 valence electrons. The smallest absolute Gasteiger partial charge is 0.411 e. The second-order valence-electron chi connectivity index (χ2n) is 9.21. The van der Waals surface area contributed by atoms with Crippen LogP contribution in [0.3, 0.4) is 0 Å². The lowest BCUT2D eigenvalue weighted by Gasteiger charge is -2.36. The zero-order valence-electron chi connectivity index (χ0n) is 16.6. The van der Waals surface area contributed by atoms with E-state index in [-0.39, 0.29) is 12.0 Å². The summed E-state index contributed by atoms with van der Waals surface area (Å²) < 4.78 is 10.4. The lowest BCUT2D eigenvalue weighted by molar-refractivity contribution is -0.145. The number of hydrogen-bond donors (Lipinski definition) is 1. The molecule has 0 bridgehead atoms. The number of likely N-dealkylation sites (tertiary alicyclic amines) is 1. The molecule has 2 atom stereocenters. The minimum absolute atomic E-state index is 0.0998. The van der Waals surface area contributed by atoms with Gasteiger partial charge in [-0.1, -0.05) is 13.8 Å². The lowest BCUT2D eigenvalue weighted by atomic mass is 9.75. The number of nitrogens with zero attached hydrogens (tertiary/aromatic N) is 1. The van der Waals surface area contributed by atoms with Gasteiger partial charge >= 0.3 is 12.1 Å². The maximum Gasteiger partial charge on any atom is 0.411 e. The second kappa shape index (κ2) is 7.52. The van der Waals surface area contributed by atoms with E-state index in [0.29, 0.717) is 24.4 Å². The van der Waals surface area contributed by atoms with Gasteiger partial charge < -0.3 is 14.8 Å². The zero-order chi connectivity index (χ0) is 18.8. The van der Waals surface area contributed by atoms with Crippen LogP contribution in [0.5, 0.6) is 0 Å². The molecule has 0 spiro atoms. The van der Waals surface area contributed by atoms with E-state index in [1.54, 1.807) is 0 Å². The third kappa shape index (κ3) is 5.59. The van der Waals surface area contributed by atoms with Crippen LogP contribution in [-0.4, -0.2) is 54.3 Å². The summed E-state index contributed by atoms with van der Waals surface area (Å²) in [5, 5.41) is 3.65. The van der Waals surface area contributed by atoms with Gasteiger partial charge in [0.25, 0.3) is 0 Å². The summed E-state index contributed by atoms with van der Waals surface area (Å²) >= 11 is 0. The van der Waals surface area contributed by atoms with Gasteiger partial charge in [-0.3, -0.25) is 4.90 Å². The van der Waals surface area contributed by atoms with Gasteiger partial charge in [-0.15, -0.1) is 0 Å². The number of nitrogens with one attached hydrogen (secondary N) is 1. The number of esters is 1. The van der Waals surface area contributed by atoms with Crippen LogP contribution >= 0.6 is 0 Å². The summed E-state index contributed by atoms with van der Waals surface area (Å²) in [5.41, 5.74) is -0.164. The van der Waals surface area contributed by atoms with E-state index in [0.717, 1.165) is 12.8 Å². The molecule has 6 heteroatoms. The molecule has 1 aliphatic carbocycles. The van der Waals surface area contributed by atoms with Crippen molar-refractivity contribution in [3.8, 4) is 0 Å². The van der Waals surface area contributed by atoms with E-state index in [2.05, 4.69) is 19.2 Å². The molecular weight excluding hydrogens is 320 g/mol. The summed E-state index contributed by atoms with van der Waals surface area (Å²) in [6.45, 7) is 10.6. The van der Waals surface area contributed by atoms with Crippen molar-refractivity contribution < 1.29 is 19.1 Å². The van der Waals surface area contributed by atoms with Crippen molar-refractivity contribution in [1.29, 1.82) is 0 Å². The van der Waals surface area contributed by atoms with Crippen LogP contribution in [-0.2, 0) is 14.3 Å². The number of methoxy groups -OCH3 is 1. The number of ether oxygens (including phenoxy) is 2. The highest BCUT2D eigenvalue weighted by Gasteiger charge is 2.43. The second-order valence-corrected chi connectivity index (χ2v) is 9.21. The minimum atomic E-state index is -0.585. The fraction of sp³-hybridized carbons (Fsp3) is 0.895. The molecule has 6 nitrogen and oxygen atoms in total. The topological polar surface area (TPSA) is 67.9 Å². The van der Waals surface area contributed by atoms with Crippen molar-refractivity contribution in [1.82, 2.24) is 10.2 Å². The van der Waals surface area contributed by atoms with Gasteiger partial charge in [0, 0.05) is 18.6 Å². The van der Waals surface area contributed by atoms with Gasteiger partial charge in [-0.2, -0.15) is 0 Å². The highest BCUT2D eigenvalue weighted by Crippen LogP contribution is 2.35. The predicted octanol–water partition coefficient (Wildman–Crippen LogP) is 3.10. The molecule has 0 unspecified atom stereocenters. The first-order valence-corrected chi connectivity index (χ1v) is 9.34. The van der Waals surface area contributed by atoms with Gasteiger partial charge in [0.05, 0.1) is 7.11 Å². The van der Waals surface area contributed by atoms with Crippen LogP contribution in [0, 0.1) is 5.41 Å². The number of amides is 1. The molecule has 1 aliphatic heterocycles. The largest absolute Gasteiger partial charge is 0.467 e. The Morgan fingerprint density at radius 1 is 1.12 bits per heavy atom. The van der Waals surface area contributed by atoms with E-state index < -0.39 is 17.7 Å². The molecule has 2 aliphatic rings. The van der Waals surface area contributed by atoms with E-state index in [1.807, 2.05) is 20.8 Å². The van der Waals surface area contributed by atoms with Crippen molar-refractivity contribution in [2.45, 2.75) is 90.4 Å². The van der Waals surface area contributed by atoms with Crippen LogP contribution in [0.25, 0.3) is 0 Å². The van der Waals surface area contributed by atoms with Crippen LogP contribution in [0.15, 0.2) is 0 Å². The molecule has 0 aromatic rings. The third-order valence-corrected chi connectivity index (χ3v) is 5.21. The average molecular weight is 354 g/mol. The standard InChI is InChI=1S/C19H34N2O4/c1-18(2,3)25-17(23)21-12-14(11-15(21)16(22)24-6)20-13-7-9-19(4,5)10-8-13/h13-15,20H,7-12H2,1-6H3/t14-,15+/m0/s1. The molecule has 0 radical (unpaired) electrons. The molecular formula is C19H34N2O4. The highest BCUT2D eigenvalue weighted by molar-refractivity contribution is 5.82. The van der Waals surface area contributed by atoms with E-state index >= 15 is 0 Å². The van der Waals surface area contributed by atoms with Crippen molar-refractivity contribution in [2.75, 3.05) is 13.7 Å². The molecule has 1 saturated heterocycles. The molecule has 2 fully saturated rings. The van der Waals surface area contributed by atoms with Crippen LogP contribution < -0.4 is 5.32 Å². The Bertz CT molecular complexity index is 488. The first kappa shape index (κ1) is 20.0. The lowest BCUT2D eigenvalue weighted by Crippen LogP contribution is -2.45. The normalized spacial score (nSPS) is 27.2. The van der Waals surface area contributed by atoms with Crippen LogP contribution in [0.4, 0.5) is 4.79 Å². The van der Waals surface area contributed by atoms with Crippen LogP contribution in [0.2, 0.25) is 0 Å². The minimum Gasteiger partial charge on any atom is -0.467 e. The Morgan fingerprint density at radius 3 is 2.24 bits per heavy atom. The van der Waals surface area contributed by atoms with Gasteiger partial charge in [-0.05, 0) is 58.3 Å². The summed E-state index contributed by atoms with van der Waals surface area (Å²) in [7, 11) is 1.36. The number of rotatable bonds is 3. The monoisotopic (exact) mass is 354 g/mol. The Morgan fingerprint density at radius 2 is 1.72 bits per heavy atom. The molecule has 1 N–H and O–H groups in total. The molecule has 0 aromatic heterocycles. The fourth-order valence-corrected chi connectivity index (χ4v) is 3.74. The quantitative estimate of drug-likeness (QED) is 0.789. The molecule has 1 saturated carbocycles. The van der Waals surface area contributed by atoms with Crippen molar-refractivity contribution in [3.05, 3.63) is 0 Å². The van der Waals surface area contributed by atoms with E-state index in [9.17, 15) is 9.59 Å². The number of hydrogen-bond acceptors (Lipinski definition) is 5. The average Bonchev–Trinajstić information content (AvgIpc) is 2.91. The van der Waals surface area contributed by atoms with E-state index in [4.69, 9.17) is 9.47 Å². The maximum atomic E-state index is 12.5. The van der Waals surface area contributed by atoms with Gasteiger partial charge in [0.15, 0.2) is 0 Å². The zero-order valence-corrected chi connectivity index (χ0v) is 16.6. The van der Waals surface area contributed by atoms with Crippen molar-refractivity contribution in [2.24, 2.45) is 5.41 Å². The summed E-state index contributed by atoms with van der Waals surface area (Å²) in [6, 6.07) is -0.0184. The fourth-order valence-electron chi connectivity index (χ4n) is 3.74. The molecule has 25 heavy (non-hydrogen) atoms. The maximum absolute atomic E-state index is 12.5. The summed E-state index contributed by atoms with van der Waals surface area (Å²) in [6.07, 6.45) is 4.81. The first-order chi connectivity index (χ1) is 11.5. The number of carbonyl (C=O) groups excluding carboxylic acids is 2. The molecule has 1 amide bonds. The molecule has 1 heterocycles. The summed E-state index contributed by atoms with van der Waals surface area (Å²) in [4.78, 5) is 26.1. The Labute approximate surface area is 151 Å². The Kier molecular flexibility index (Phi) is 6.02. The van der Waals surface area contributed by atoms with Crippen molar-refractivity contribution >= 4 is 12.1 Å². The van der Waals surface area contributed by atoms with Crippen LogP contribution in [0.1, 0.15) is 66.7 Å². The van der Waals surface area contributed by atoms with Gasteiger partial charge in [0.1, 0.15) is 11.6 Å². The van der Waals surface area contributed by atoms with E-state index in [1.165, 1.54) is 24.9 Å².